The number of hydrogen-bond donors (Lipinski definition) is 1. The van der Waals surface area contributed by atoms with Crippen LogP contribution in [0.15, 0.2) is 24.3 Å². The summed E-state index contributed by atoms with van der Waals surface area (Å²) in [5.41, 5.74) is 1.29. The predicted octanol–water partition coefficient (Wildman–Crippen LogP) is 2.88. The second kappa shape index (κ2) is 6.50. The molecular weight excluding hydrogens is 206 g/mol. The molecule has 0 aliphatic heterocycles. The summed E-state index contributed by atoms with van der Waals surface area (Å²) in [5, 5.41) is 4.16. The minimum atomic E-state index is 0.444. The lowest BCUT2D eigenvalue weighted by atomic mass is 10.1. The highest BCUT2D eigenvalue weighted by molar-refractivity contribution is 6.30. The van der Waals surface area contributed by atoms with Crippen LogP contribution < -0.4 is 5.32 Å². The van der Waals surface area contributed by atoms with E-state index in [1.54, 1.807) is 0 Å². The maximum atomic E-state index is 5.81. The Balaban J connectivity index is 2.34. The number of halogens is 1. The summed E-state index contributed by atoms with van der Waals surface area (Å²) in [6, 6.07) is 8.40. The molecule has 1 aromatic carbocycles. The molecule has 0 aromatic heterocycles. The molecule has 1 atom stereocenters. The third kappa shape index (κ3) is 4.88. The Morgan fingerprint density at radius 3 is 2.67 bits per heavy atom. The minimum absolute atomic E-state index is 0.444. The van der Waals surface area contributed by atoms with Gasteiger partial charge in [0.25, 0.3) is 0 Å². The molecule has 1 unspecified atom stereocenters. The summed E-state index contributed by atoms with van der Waals surface area (Å²) in [6.45, 7) is 3.04. The third-order valence-corrected chi connectivity index (χ3v) is 2.47. The van der Waals surface area contributed by atoms with Crippen molar-refractivity contribution in [1.82, 2.24) is 5.32 Å². The van der Waals surface area contributed by atoms with Crippen LogP contribution in [0.5, 0.6) is 0 Å². The molecule has 15 heavy (non-hydrogen) atoms. The molecule has 80 valence electrons. The molecule has 0 aliphatic rings. The fourth-order valence-electron chi connectivity index (χ4n) is 1.44. The zero-order valence-corrected chi connectivity index (χ0v) is 9.72. The third-order valence-electron chi connectivity index (χ3n) is 2.22. The topological polar surface area (TPSA) is 12.0 Å². The lowest BCUT2D eigenvalue weighted by molar-refractivity contribution is 0.554. The van der Waals surface area contributed by atoms with Gasteiger partial charge in [-0.05, 0) is 31.0 Å². The van der Waals surface area contributed by atoms with Crippen molar-refractivity contribution in [2.45, 2.75) is 25.8 Å². The molecule has 1 rings (SSSR count). The molecule has 2 heteroatoms. The summed E-state index contributed by atoms with van der Waals surface area (Å²) in [6.07, 6.45) is 6.96. The zero-order valence-electron chi connectivity index (χ0n) is 8.96. The molecule has 0 aliphatic carbocycles. The molecule has 0 saturated carbocycles. The quantitative estimate of drug-likeness (QED) is 0.596. The van der Waals surface area contributed by atoms with Crippen LogP contribution >= 0.6 is 11.6 Å². The maximum absolute atomic E-state index is 5.81. The van der Waals surface area contributed by atoms with E-state index in [1.807, 2.05) is 12.1 Å². The smallest absolute Gasteiger partial charge is 0.0406 e. The Morgan fingerprint density at radius 1 is 1.40 bits per heavy atom. The van der Waals surface area contributed by atoms with E-state index >= 15 is 0 Å². The lowest BCUT2D eigenvalue weighted by Gasteiger charge is -2.12. The molecule has 0 amide bonds. The summed E-state index contributed by atoms with van der Waals surface area (Å²) in [4.78, 5) is 0. The van der Waals surface area contributed by atoms with Crippen LogP contribution in [0.3, 0.4) is 0 Å². The van der Waals surface area contributed by atoms with Gasteiger partial charge in [-0.2, -0.15) is 0 Å². The average molecular weight is 222 g/mol. The monoisotopic (exact) mass is 221 g/mol. The second-order valence-corrected chi connectivity index (χ2v) is 4.08. The summed E-state index contributed by atoms with van der Waals surface area (Å²) < 4.78 is 0. The number of benzene rings is 1. The molecule has 1 N–H and O–H groups in total. The van der Waals surface area contributed by atoms with E-state index in [4.69, 9.17) is 18.0 Å². The Hall–Kier alpha value is -0.970. The van der Waals surface area contributed by atoms with E-state index in [2.05, 4.69) is 30.3 Å². The molecule has 1 nitrogen and oxygen atoms in total. The van der Waals surface area contributed by atoms with Crippen molar-refractivity contribution in [1.29, 1.82) is 0 Å². The van der Waals surface area contributed by atoms with Gasteiger partial charge in [-0.3, -0.25) is 0 Å². The number of rotatable bonds is 5. The van der Waals surface area contributed by atoms with E-state index in [9.17, 15) is 0 Å². The van der Waals surface area contributed by atoms with Crippen LogP contribution in [-0.2, 0) is 6.42 Å². The van der Waals surface area contributed by atoms with Crippen molar-refractivity contribution < 1.29 is 0 Å². The van der Waals surface area contributed by atoms with Crippen LogP contribution in [0.1, 0.15) is 18.9 Å². The van der Waals surface area contributed by atoms with Crippen molar-refractivity contribution in [3.05, 3.63) is 34.9 Å². The van der Waals surface area contributed by atoms with Crippen molar-refractivity contribution in [2.24, 2.45) is 0 Å². The normalized spacial score (nSPS) is 12.1. The summed E-state index contributed by atoms with van der Waals surface area (Å²) in [5.74, 6) is 2.61. The first-order chi connectivity index (χ1) is 7.22. The summed E-state index contributed by atoms with van der Waals surface area (Å²) >= 11 is 5.81. The minimum Gasteiger partial charge on any atom is -0.313 e. The predicted molar refractivity (Wildman–Crippen MR) is 66.1 cm³/mol. The van der Waals surface area contributed by atoms with E-state index in [1.165, 1.54) is 5.56 Å². The van der Waals surface area contributed by atoms with E-state index in [-0.39, 0.29) is 0 Å². The fourth-order valence-corrected chi connectivity index (χ4v) is 1.56. The standard InChI is InChI=1S/C13H16ClN/c1-3-4-9-15-11(2)10-12-5-7-13(14)8-6-12/h1,5-8,11,15H,4,9-10H2,2H3. The Bertz CT molecular complexity index is 323. The molecule has 0 spiro atoms. The van der Waals surface area contributed by atoms with Crippen molar-refractivity contribution in [3.63, 3.8) is 0 Å². The number of terminal acetylenes is 1. The Morgan fingerprint density at radius 2 is 2.07 bits per heavy atom. The van der Waals surface area contributed by atoms with Gasteiger partial charge in [0, 0.05) is 24.0 Å². The first kappa shape index (κ1) is 12.1. The molecule has 0 saturated heterocycles. The van der Waals surface area contributed by atoms with Crippen molar-refractivity contribution in [3.8, 4) is 12.3 Å². The fraction of sp³-hybridized carbons (Fsp3) is 0.385. The van der Waals surface area contributed by atoms with E-state index < -0.39 is 0 Å². The van der Waals surface area contributed by atoms with Crippen LogP contribution in [0.4, 0.5) is 0 Å². The summed E-state index contributed by atoms with van der Waals surface area (Å²) in [7, 11) is 0. The molecule has 0 fully saturated rings. The van der Waals surface area contributed by atoms with Crippen LogP contribution in [0.2, 0.25) is 5.02 Å². The van der Waals surface area contributed by atoms with Gasteiger partial charge in [0.05, 0.1) is 0 Å². The highest BCUT2D eigenvalue weighted by Gasteiger charge is 2.01. The molecule has 0 radical (unpaired) electrons. The maximum Gasteiger partial charge on any atom is 0.0406 e. The first-order valence-electron chi connectivity index (χ1n) is 5.13. The molecular formula is C13H16ClN. The van der Waals surface area contributed by atoms with Gasteiger partial charge < -0.3 is 5.32 Å². The second-order valence-electron chi connectivity index (χ2n) is 3.64. The van der Waals surface area contributed by atoms with Crippen molar-refractivity contribution >= 4 is 11.6 Å². The first-order valence-corrected chi connectivity index (χ1v) is 5.51. The van der Waals surface area contributed by atoms with Crippen LogP contribution in [0, 0.1) is 12.3 Å². The molecule has 1 aromatic rings. The average Bonchev–Trinajstić information content (AvgIpc) is 2.22. The van der Waals surface area contributed by atoms with E-state index in [0.717, 1.165) is 24.4 Å². The van der Waals surface area contributed by atoms with Gasteiger partial charge in [0.15, 0.2) is 0 Å². The van der Waals surface area contributed by atoms with Gasteiger partial charge in [0.1, 0.15) is 0 Å². The Labute approximate surface area is 96.8 Å². The van der Waals surface area contributed by atoms with Crippen LogP contribution in [0.25, 0.3) is 0 Å². The van der Waals surface area contributed by atoms with Gasteiger partial charge in [-0.25, -0.2) is 0 Å². The Kier molecular flexibility index (Phi) is 5.25. The van der Waals surface area contributed by atoms with Gasteiger partial charge in [-0.15, -0.1) is 12.3 Å². The van der Waals surface area contributed by atoms with E-state index in [0.29, 0.717) is 6.04 Å². The van der Waals surface area contributed by atoms with Gasteiger partial charge >= 0.3 is 0 Å². The highest BCUT2D eigenvalue weighted by Crippen LogP contribution is 2.10. The largest absolute Gasteiger partial charge is 0.313 e. The SMILES string of the molecule is C#CCCNC(C)Cc1ccc(Cl)cc1. The molecule has 0 bridgehead atoms. The number of nitrogens with one attached hydrogen (secondary N) is 1. The zero-order chi connectivity index (χ0) is 11.1. The van der Waals surface area contributed by atoms with Crippen molar-refractivity contribution in [2.75, 3.05) is 6.54 Å². The lowest BCUT2D eigenvalue weighted by Crippen LogP contribution is -2.28. The number of hydrogen-bond acceptors (Lipinski definition) is 1. The highest BCUT2D eigenvalue weighted by atomic mass is 35.5. The van der Waals surface area contributed by atoms with Gasteiger partial charge in [-0.1, -0.05) is 23.7 Å². The molecule has 0 heterocycles. The van der Waals surface area contributed by atoms with Crippen LogP contribution in [-0.4, -0.2) is 12.6 Å². The van der Waals surface area contributed by atoms with Gasteiger partial charge in [0.2, 0.25) is 0 Å².